The number of benzene rings is 1. The maximum absolute atomic E-state index is 13.2. The topological polar surface area (TPSA) is 58.4 Å². The number of halogens is 1. The van der Waals surface area contributed by atoms with Crippen LogP contribution in [0.4, 0.5) is 10.1 Å². The third-order valence-corrected chi connectivity index (χ3v) is 3.31. The number of nitrogens with zero attached hydrogens (tertiary/aromatic N) is 1. The van der Waals surface area contributed by atoms with Crippen LogP contribution in [0.15, 0.2) is 12.1 Å². The van der Waals surface area contributed by atoms with E-state index in [1.54, 1.807) is 6.92 Å². The van der Waals surface area contributed by atoms with E-state index in [9.17, 15) is 9.18 Å². The number of nitrogen functional groups attached to an aromatic ring is 1. The van der Waals surface area contributed by atoms with Crippen LogP contribution in [-0.2, 0) is 0 Å². The third-order valence-electron chi connectivity index (χ3n) is 3.31. The largest absolute Gasteiger partial charge is 0.396 e. The highest BCUT2D eigenvalue weighted by Gasteiger charge is 2.22. The van der Waals surface area contributed by atoms with Crippen molar-refractivity contribution in [3.63, 3.8) is 0 Å². The minimum absolute atomic E-state index is 0.00860. The fraction of sp³-hybridized carbons (Fsp3) is 0.462. The minimum Gasteiger partial charge on any atom is -0.396 e. The first-order chi connectivity index (χ1) is 8.47. The SMILES string of the molecule is Cc1cc(F)c(N)cc1C(=O)NC1CCN(C)C1. The monoisotopic (exact) mass is 251 g/mol. The number of nitrogens with one attached hydrogen (secondary N) is 1. The van der Waals surface area contributed by atoms with Crippen molar-refractivity contribution < 1.29 is 9.18 Å². The molecule has 1 aromatic carbocycles. The molecule has 1 fully saturated rings. The Hall–Kier alpha value is -1.62. The zero-order chi connectivity index (χ0) is 13.3. The van der Waals surface area contributed by atoms with E-state index in [1.165, 1.54) is 12.1 Å². The Morgan fingerprint density at radius 2 is 2.28 bits per heavy atom. The zero-order valence-electron chi connectivity index (χ0n) is 10.7. The number of amides is 1. The van der Waals surface area contributed by atoms with Crippen LogP contribution in [-0.4, -0.2) is 37.0 Å². The molecule has 0 radical (unpaired) electrons. The molecule has 2 rings (SSSR count). The number of carbonyl (C=O) groups is 1. The number of nitrogens with two attached hydrogens (primary N) is 1. The van der Waals surface area contributed by atoms with Crippen molar-refractivity contribution in [3.05, 3.63) is 29.1 Å². The van der Waals surface area contributed by atoms with Crippen LogP contribution < -0.4 is 11.1 Å². The molecule has 1 saturated heterocycles. The van der Waals surface area contributed by atoms with Crippen molar-refractivity contribution in [1.29, 1.82) is 0 Å². The molecule has 1 heterocycles. The number of carbonyl (C=O) groups excluding carboxylic acids is 1. The summed E-state index contributed by atoms with van der Waals surface area (Å²) in [6, 6.07) is 2.86. The molecule has 18 heavy (non-hydrogen) atoms. The first kappa shape index (κ1) is 12.8. The van der Waals surface area contributed by atoms with Crippen molar-refractivity contribution in [2.75, 3.05) is 25.9 Å². The number of hydrogen-bond acceptors (Lipinski definition) is 3. The normalized spacial score (nSPS) is 20.1. The van der Waals surface area contributed by atoms with Gasteiger partial charge in [-0.3, -0.25) is 4.79 Å². The first-order valence-electron chi connectivity index (χ1n) is 6.02. The summed E-state index contributed by atoms with van der Waals surface area (Å²) >= 11 is 0. The molecule has 1 aliphatic heterocycles. The number of likely N-dealkylation sites (N-methyl/N-ethyl adjacent to an activating group) is 1. The van der Waals surface area contributed by atoms with E-state index < -0.39 is 5.82 Å². The molecule has 1 amide bonds. The van der Waals surface area contributed by atoms with Gasteiger partial charge in [0, 0.05) is 18.2 Å². The fourth-order valence-corrected chi connectivity index (χ4v) is 2.25. The molecule has 0 spiro atoms. The summed E-state index contributed by atoms with van der Waals surface area (Å²) in [7, 11) is 2.02. The second-order valence-corrected chi connectivity index (χ2v) is 4.91. The van der Waals surface area contributed by atoms with Gasteiger partial charge < -0.3 is 16.0 Å². The van der Waals surface area contributed by atoms with E-state index in [-0.39, 0.29) is 17.6 Å². The highest BCUT2D eigenvalue weighted by atomic mass is 19.1. The molecule has 0 aliphatic carbocycles. The minimum atomic E-state index is -0.482. The Morgan fingerprint density at radius 3 is 2.89 bits per heavy atom. The summed E-state index contributed by atoms with van der Waals surface area (Å²) in [5, 5.41) is 2.95. The molecule has 4 nitrogen and oxygen atoms in total. The van der Waals surface area contributed by atoms with E-state index in [4.69, 9.17) is 5.73 Å². The van der Waals surface area contributed by atoms with Gasteiger partial charge in [-0.1, -0.05) is 0 Å². The molecule has 1 aliphatic rings. The van der Waals surface area contributed by atoms with Gasteiger partial charge in [-0.15, -0.1) is 0 Å². The van der Waals surface area contributed by atoms with Gasteiger partial charge in [-0.25, -0.2) is 4.39 Å². The second kappa shape index (κ2) is 4.94. The van der Waals surface area contributed by atoms with Gasteiger partial charge in [0.05, 0.1) is 5.69 Å². The second-order valence-electron chi connectivity index (χ2n) is 4.91. The Kier molecular flexibility index (Phi) is 3.52. The predicted octanol–water partition coefficient (Wildman–Crippen LogP) is 1.15. The standard InChI is InChI=1S/C13H18FN3O/c1-8-5-11(14)12(15)6-10(8)13(18)16-9-3-4-17(2)7-9/h5-6,9H,3-4,7,15H2,1-2H3,(H,16,18). The van der Waals surface area contributed by atoms with Crippen molar-refractivity contribution in [3.8, 4) is 0 Å². The lowest BCUT2D eigenvalue weighted by Gasteiger charge is -2.14. The molecule has 1 atom stereocenters. The molecule has 0 aromatic heterocycles. The Balaban J connectivity index is 2.11. The highest BCUT2D eigenvalue weighted by molar-refractivity contribution is 5.96. The average Bonchev–Trinajstić information content (AvgIpc) is 2.69. The zero-order valence-corrected chi connectivity index (χ0v) is 10.7. The smallest absolute Gasteiger partial charge is 0.251 e. The van der Waals surface area contributed by atoms with Crippen LogP contribution in [0.2, 0.25) is 0 Å². The van der Waals surface area contributed by atoms with Gasteiger partial charge in [0.25, 0.3) is 5.91 Å². The summed E-state index contributed by atoms with van der Waals surface area (Å²) in [4.78, 5) is 14.2. The number of likely N-dealkylation sites (tertiary alicyclic amines) is 1. The molecule has 0 saturated carbocycles. The van der Waals surface area contributed by atoms with E-state index in [0.29, 0.717) is 11.1 Å². The van der Waals surface area contributed by atoms with Crippen LogP contribution in [0, 0.1) is 12.7 Å². The molecular formula is C13H18FN3O. The lowest BCUT2D eigenvalue weighted by Crippen LogP contribution is -2.36. The van der Waals surface area contributed by atoms with E-state index in [1.807, 2.05) is 7.05 Å². The third kappa shape index (κ3) is 2.61. The van der Waals surface area contributed by atoms with Crippen molar-refractivity contribution in [2.24, 2.45) is 0 Å². The molecule has 5 heteroatoms. The molecular weight excluding hydrogens is 233 g/mol. The van der Waals surface area contributed by atoms with Gasteiger partial charge in [-0.2, -0.15) is 0 Å². The molecule has 1 aromatic rings. The van der Waals surface area contributed by atoms with Gasteiger partial charge in [0.15, 0.2) is 0 Å². The van der Waals surface area contributed by atoms with E-state index in [2.05, 4.69) is 10.2 Å². The maximum atomic E-state index is 13.2. The van der Waals surface area contributed by atoms with Gasteiger partial charge in [0.1, 0.15) is 5.82 Å². The Bertz CT molecular complexity index is 476. The lowest BCUT2D eigenvalue weighted by molar-refractivity contribution is 0.0938. The number of anilines is 1. The fourth-order valence-electron chi connectivity index (χ4n) is 2.25. The van der Waals surface area contributed by atoms with Crippen molar-refractivity contribution in [2.45, 2.75) is 19.4 Å². The summed E-state index contributed by atoms with van der Waals surface area (Å²) in [5.41, 5.74) is 6.55. The van der Waals surface area contributed by atoms with Gasteiger partial charge >= 0.3 is 0 Å². The maximum Gasteiger partial charge on any atom is 0.251 e. The van der Waals surface area contributed by atoms with E-state index in [0.717, 1.165) is 19.5 Å². The van der Waals surface area contributed by atoms with Gasteiger partial charge in [0.2, 0.25) is 0 Å². The first-order valence-corrected chi connectivity index (χ1v) is 6.02. The highest BCUT2D eigenvalue weighted by Crippen LogP contribution is 2.17. The van der Waals surface area contributed by atoms with Crippen LogP contribution >= 0.6 is 0 Å². The van der Waals surface area contributed by atoms with Gasteiger partial charge in [-0.05, 0) is 44.6 Å². The Labute approximate surface area is 106 Å². The van der Waals surface area contributed by atoms with Crippen molar-refractivity contribution >= 4 is 11.6 Å². The number of rotatable bonds is 2. The van der Waals surface area contributed by atoms with Crippen LogP contribution in [0.25, 0.3) is 0 Å². The number of aryl methyl sites for hydroxylation is 1. The summed E-state index contributed by atoms with van der Waals surface area (Å²) in [6.45, 7) is 3.54. The Morgan fingerprint density at radius 1 is 1.56 bits per heavy atom. The van der Waals surface area contributed by atoms with E-state index >= 15 is 0 Å². The quantitative estimate of drug-likeness (QED) is 0.775. The molecule has 3 N–H and O–H groups in total. The predicted molar refractivity (Wildman–Crippen MR) is 68.9 cm³/mol. The lowest BCUT2D eigenvalue weighted by atomic mass is 10.1. The molecule has 0 bridgehead atoms. The van der Waals surface area contributed by atoms with Crippen molar-refractivity contribution in [1.82, 2.24) is 10.2 Å². The summed E-state index contributed by atoms with van der Waals surface area (Å²) in [5.74, 6) is -0.663. The van der Waals surface area contributed by atoms with Crippen LogP contribution in [0.1, 0.15) is 22.3 Å². The van der Waals surface area contributed by atoms with Crippen LogP contribution in [0.3, 0.4) is 0 Å². The molecule has 98 valence electrons. The summed E-state index contributed by atoms with van der Waals surface area (Å²) < 4.78 is 13.2. The summed E-state index contributed by atoms with van der Waals surface area (Å²) in [6.07, 6.45) is 0.942. The average molecular weight is 251 g/mol. The molecule has 1 unspecified atom stereocenters. The van der Waals surface area contributed by atoms with Crippen LogP contribution in [0.5, 0.6) is 0 Å². The number of hydrogen-bond donors (Lipinski definition) is 2.